The summed E-state index contributed by atoms with van der Waals surface area (Å²) in [5.74, 6) is 0.927. The Morgan fingerprint density at radius 3 is 2.08 bits per heavy atom. The molecule has 0 aliphatic carbocycles. The molecule has 4 saturated heterocycles. The fourth-order valence-corrected chi connectivity index (χ4v) is 7.21. The van der Waals surface area contributed by atoms with Crippen molar-refractivity contribution in [3.8, 4) is 0 Å². The maximum Gasteiger partial charge on any atom is 0.163 e. The van der Waals surface area contributed by atoms with Crippen molar-refractivity contribution in [2.24, 2.45) is 0 Å². The van der Waals surface area contributed by atoms with Crippen LogP contribution in [0, 0.1) is 0 Å². The second-order valence-electron chi connectivity index (χ2n) is 8.05. The summed E-state index contributed by atoms with van der Waals surface area (Å²) in [7, 11) is -0.753. The first kappa shape index (κ1) is 22.6. The predicted octanol–water partition coefficient (Wildman–Crippen LogP) is 3.72. The minimum atomic E-state index is -0.753. The number of thioether (sulfide) groups is 1. The molecule has 0 bridgehead atoms. The molecule has 0 radical (unpaired) electrons. The van der Waals surface area contributed by atoms with Crippen molar-refractivity contribution in [3.05, 3.63) is 0 Å². The van der Waals surface area contributed by atoms with Crippen LogP contribution in [0.2, 0.25) is 0 Å². The van der Waals surface area contributed by atoms with Gasteiger partial charge in [0.25, 0.3) is 0 Å². The van der Waals surface area contributed by atoms with Crippen LogP contribution in [0.3, 0.4) is 0 Å². The summed E-state index contributed by atoms with van der Waals surface area (Å²) >= 11 is 1.99. The second-order valence-corrected chi connectivity index (χ2v) is 11.0. The van der Waals surface area contributed by atoms with E-state index in [0.717, 1.165) is 12.2 Å². The second kappa shape index (κ2) is 8.37. The molecule has 5 nitrogen and oxygen atoms in total. The number of hydrogen-bond donors (Lipinski definition) is 0. The Morgan fingerprint density at radius 2 is 1.50 bits per heavy atom. The molecular formula is C19H36O5S2. The van der Waals surface area contributed by atoms with E-state index in [9.17, 15) is 4.21 Å². The number of fused-ring (bicyclic) bond motifs is 2. The van der Waals surface area contributed by atoms with Gasteiger partial charge in [-0.15, -0.1) is 0 Å². The summed E-state index contributed by atoms with van der Waals surface area (Å²) < 4.78 is 34.6. The first-order valence-electron chi connectivity index (χ1n) is 9.36. The Hall–Kier alpha value is 0.340. The van der Waals surface area contributed by atoms with Gasteiger partial charge in [0.15, 0.2) is 11.6 Å². The standard InChI is InChI=1S/C9H16O3S.C9H16O2S.CH4/c1-4-7-8-6(5-13(7)10)11-9(2,3)12-8;1-4-7-8-6(5-12-7)10-9(2,3)11-8;/h6-8H,4-5H2,1-3H3;6-8H,4-5H2,1-3H3;1H4/t6-,7+,8-,13-;6-,7+,8-;/m00./s1. The first-order chi connectivity index (χ1) is 11.7. The SMILES string of the molecule is C.CC[C@@H]1[C@H]2OC(C)(C)O[C@H]2C[S@@]1=O.CC[C@H]1SC[C@@H]2OC(C)(C)O[C@@H]21. The topological polar surface area (TPSA) is 54.0 Å². The molecule has 7 heteroatoms. The van der Waals surface area contributed by atoms with Crippen LogP contribution >= 0.6 is 11.8 Å². The van der Waals surface area contributed by atoms with Crippen LogP contribution in [-0.2, 0) is 29.7 Å². The highest BCUT2D eigenvalue weighted by Gasteiger charge is 2.52. The maximum absolute atomic E-state index is 11.6. The fourth-order valence-electron chi connectivity index (χ4n) is 4.13. The van der Waals surface area contributed by atoms with Crippen molar-refractivity contribution < 1.29 is 23.2 Å². The average Bonchev–Trinajstić information content (AvgIpc) is 3.15. The molecule has 4 rings (SSSR count). The van der Waals surface area contributed by atoms with E-state index in [4.69, 9.17) is 18.9 Å². The van der Waals surface area contributed by atoms with Crippen LogP contribution in [0.1, 0.15) is 61.8 Å². The zero-order chi connectivity index (χ0) is 18.4. The van der Waals surface area contributed by atoms with Crippen molar-refractivity contribution in [2.45, 2.75) is 108 Å². The van der Waals surface area contributed by atoms with Crippen molar-refractivity contribution in [2.75, 3.05) is 11.5 Å². The Kier molecular flexibility index (Phi) is 7.29. The molecule has 26 heavy (non-hydrogen) atoms. The molecule has 4 heterocycles. The van der Waals surface area contributed by atoms with E-state index in [1.54, 1.807) is 0 Å². The van der Waals surface area contributed by atoms with Gasteiger partial charge in [-0.05, 0) is 40.5 Å². The van der Waals surface area contributed by atoms with Gasteiger partial charge in [0, 0.05) is 21.8 Å². The van der Waals surface area contributed by atoms with E-state index in [1.165, 1.54) is 6.42 Å². The van der Waals surface area contributed by atoms with Crippen LogP contribution in [0.5, 0.6) is 0 Å². The third-order valence-electron chi connectivity index (χ3n) is 5.12. The Balaban J connectivity index is 0.000000180. The number of hydrogen-bond acceptors (Lipinski definition) is 6. The molecule has 4 aliphatic heterocycles. The lowest BCUT2D eigenvalue weighted by Crippen LogP contribution is -2.29. The quantitative estimate of drug-likeness (QED) is 0.694. The molecule has 0 aromatic carbocycles. The van der Waals surface area contributed by atoms with Gasteiger partial charge < -0.3 is 18.9 Å². The molecule has 7 atom stereocenters. The van der Waals surface area contributed by atoms with Crippen LogP contribution in [0.4, 0.5) is 0 Å². The Bertz CT molecular complexity index is 510. The molecule has 0 N–H and O–H groups in total. The summed E-state index contributed by atoms with van der Waals surface area (Å²) in [4.78, 5) is 0. The molecule has 0 aromatic rings. The minimum Gasteiger partial charge on any atom is -0.344 e. The van der Waals surface area contributed by atoms with Gasteiger partial charge >= 0.3 is 0 Å². The van der Waals surface area contributed by atoms with E-state index in [1.807, 2.05) is 39.5 Å². The lowest BCUT2D eigenvalue weighted by atomic mass is 10.1. The van der Waals surface area contributed by atoms with Gasteiger partial charge in [-0.3, -0.25) is 4.21 Å². The Morgan fingerprint density at radius 1 is 0.923 bits per heavy atom. The number of ether oxygens (including phenoxy) is 4. The molecule has 4 aliphatic rings. The lowest BCUT2D eigenvalue weighted by Gasteiger charge is -2.20. The summed E-state index contributed by atoms with van der Waals surface area (Å²) in [6.07, 6.45) is 2.89. The molecular weight excluding hydrogens is 372 g/mol. The van der Waals surface area contributed by atoms with E-state index in [-0.39, 0.29) is 30.7 Å². The highest BCUT2D eigenvalue weighted by Crippen LogP contribution is 2.42. The van der Waals surface area contributed by atoms with E-state index in [2.05, 4.69) is 13.8 Å². The minimum absolute atomic E-state index is 0. The molecule has 0 aromatic heterocycles. The third kappa shape index (κ3) is 4.66. The van der Waals surface area contributed by atoms with E-state index in [0.29, 0.717) is 23.2 Å². The van der Waals surface area contributed by atoms with E-state index < -0.39 is 16.6 Å². The summed E-state index contributed by atoms with van der Waals surface area (Å²) in [6.45, 7) is 12.1. The van der Waals surface area contributed by atoms with Crippen LogP contribution in [0.15, 0.2) is 0 Å². The molecule has 0 amide bonds. The molecule has 0 unspecified atom stereocenters. The normalized spacial score (nSPS) is 44.6. The van der Waals surface area contributed by atoms with Gasteiger partial charge in [0.05, 0.1) is 29.3 Å². The van der Waals surface area contributed by atoms with Crippen LogP contribution < -0.4 is 0 Å². The number of rotatable bonds is 2. The first-order valence-corrected chi connectivity index (χ1v) is 11.8. The average molecular weight is 409 g/mol. The summed E-state index contributed by atoms with van der Waals surface area (Å²) in [5, 5.41) is 0.823. The van der Waals surface area contributed by atoms with Crippen LogP contribution in [0.25, 0.3) is 0 Å². The predicted molar refractivity (Wildman–Crippen MR) is 108 cm³/mol. The maximum atomic E-state index is 11.6. The Labute approximate surface area is 165 Å². The van der Waals surface area contributed by atoms with Gasteiger partial charge in [-0.25, -0.2) is 0 Å². The fraction of sp³-hybridized carbons (Fsp3) is 1.00. The smallest absolute Gasteiger partial charge is 0.163 e. The van der Waals surface area contributed by atoms with Gasteiger partial charge in [0.1, 0.15) is 6.10 Å². The van der Waals surface area contributed by atoms with Gasteiger partial charge in [0.2, 0.25) is 0 Å². The van der Waals surface area contributed by atoms with Crippen LogP contribution in [-0.4, -0.2) is 62.2 Å². The van der Waals surface area contributed by atoms with Crippen molar-refractivity contribution >= 4 is 22.6 Å². The largest absolute Gasteiger partial charge is 0.344 e. The van der Waals surface area contributed by atoms with Crippen molar-refractivity contribution in [1.82, 2.24) is 0 Å². The highest BCUT2D eigenvalue weighted by molar-refractivity contribution is 8.00. The molecule has 4 fully saturated rings. The summed E-state index contributed by atoms with van der Waals surface area (Å²) in [5.41, 5.74) is 0. The molecule has 0 saturated carbocycles. The van der Waals surface area contributed by atoms with E-state index >= 15 is 0 Å². The van der Waals surface area contributed by atoms with Gasteiger partial charge in [-0.1, -0.05) is 21.3 Å². The zero-order valence-corrected chi connectivity index (χ0v) is 17.8. The molecule has 154 valence electrons. The van der Waals surface area contributed by atoms with Gasteiger partial charge in [-0.2, -0.15) is 11.8 Å². The van der Waals surface area contributed by atoms with Crippen molar-refractivity contribution in [1.29, 1.82) is 0 Å². The summed E-state index contributed by atoms with van der Waals surface area (Å²) in [6, 6.07) is 0. The highest BCUT2D eigenvalue weighted by atomic mass is 32.2. The molecule has 0 spiro atoms. The van der Waals surface area contributed by atoms with Crippen molar-refractivity contribution in [3.63, 3.8) is 0 Å². The monoisotopic (exact) mass is 408 g/mol. The lowest BCUT2D eigenvalue weighted by molar-refractivity contribution is -0.146. The third-order valence-corrected chi connectivity index (χ3v) is 8.61. The zero-order valence-electron chi connectivity index (χ0n) is 16.2.